The van der Waals surface area contributed by atoms with E-state index >= 15 is 0 Å². The molecule has 2 unspecified atom stereocenters. The van der Waals surface area contributed by atoms with Gasteiger partial charge in [-0.3, -0.25) is 4.57 Å². The van der Waals surface area contributed by atoms with Gasteiger partial charge in [-0.25, -0.2) is 0 Å². The molecule has 166 valence electrons. The first kappa shape index (κ1) is 23.8. The van der Waals surface area contributed by atoms with Crippen LogP contribution in [0.15, 0.2) is 87.7 Å². The molecule has 3 rings (SSSR count). The number of ether oxygens (including phenoxy) is 1. The first-order chi connectivity index (χ1) is 14.7. The summed E-state index contributed by atoms with van der Waals surface area (Å²) in [5.74, 6) is 0.833. The van der Waals surface area contributed by atoms with Gasteiger partial charge in [0.25, 0.3) is 0 Å². The van der Waals surface area contributed by atoms with Gasteiger partial charge in [0.15, 0.2) is 0 Å². The molecule has 0 bridgehead atoms. The number of allylic oxidation sites excluding steroid dienone is 1. The summed E-state index contributed by atoms with van der Waals surface area (Å²) in [6.45, 7) is 0.511. The Bertz CT molecular complexity index is 1050. The molecule has 4 N–H and O–H groups in total. The molecular weight excluding hydrogens is 460 g/mol. The summed E-state index contributed by atoms with van der Waals surface area (Å²) in [4.78, 5) is 18.6. The summed E-state index contributed by atoms with van der Waals surface area (Å²) in [5, 5.41) is 4.77. The highest BCUT2D eigenvalue weighted by molar-refractivity contribution is 8.22. The summed E-state index contributed by atoms with van der Waals surface area (Å²) in [6.07, 6.45) is 3.49. The summed E-state index contributed by atoms with van der Waals surface area (Å²) >= 11 is 6.43. The van der Waals surface area contributed by atoms with E-state index in [4.69, 9.17) is 31.9 Å². The van der Waals surface area contributed by atoms with Crippen LogP contribution < -0.4 is 5.73 Å². The zero-order chi connectivity index (χ0) is 22.4. The van der Waals surface area contributed by atoms with Crippen molar-refractivity contribution in [3.63, 3.8) is 0 Å². The number of nitrogens with two attached hydrogens (primary N) is 1. The van der Waals surface area contributed by atoms with E-state index in [1.165, 1.54) is 0 Å². The fourth-order valence-corrected chi connectivity index (χ4v) is 5.35. The molecule has 0 saturated heterocycles. The van der Waals surface area contributed by atoms with E-state index in [1.54, 1.807) is 0 Å². The van der Waals surface area contributed by atoms with Crippen molar-refractivity contribution in [2.24, 2.45) is 5.73 Å². The van der Waals surface area contributed by atoms with Crippen LogP contribution in [-0.2, 0) is 22.3 Å². The average molecular weight is 484 g/mol. The predicted octanol–water partition coefficient (Wildman–Crippen LogP) is 5.53. The first-order valence-corrected chi connectivity index (χ1v) is 13.0. The van der Waals surface area contributed by atoms with E-state index in [0.29, 0.717) is 24.5 Å². The monoisotopic (exact) mass is 483 g/mol. The quantitative estimate of drug-likeness (QED) is 0.278. The van der Waals surface area contributed by atoms with Crippen LogP contribution in [0.3, 0.4) is 0 Å². The zero-order valence-electron chi connectivity index (χ0n) is 16.6. The molecule has 1 aliphatic rings. The van der Waals surface area contributed by atoms with Crippen LogP contribution in [0.5, 0.6) is 0 Å². The van der Waals surface area contributed by atoms with E-state index in [9.17, 15) is 8.96 Å². The van der Waals surface area contributed by atoms with Gasteiger partial charge in [0.1, 0.15) is 12.4 Å². The van der Waals surface area contributed by atoms with Crippen molar-refractivity contribution in [2.75, 3.05) is 0 Å². The Morgan fingerprint density at radius 2 is 2.00 bits per heavy atom. The van der Waals surface area contributed by atoms with Gasteiger partial charge in [-0.05, 0) is 58.6 Å². The number of benzene rings is 2. The molecule has 5 nitrogen and oxygen atoms in total. The molecule has 1 heterocycles. The molecule has 2 aromatic rings. The zero-order valence-corrected chi connectivity index (χ0v) is 19.1. The molecule has 31 heavy (non-hydrogen) atoms. The number of rotatable bonds is 9. The third kappa shape index (κ3) is 7.07. The second-order valence-electron chi connectivity index (χ2n) is 7.04. The number of thiol groups is 1. The van der Waals surface area contributed by atoms with Crippen LogP contribution in [-0.4, -0.2) is 15.8 Å². The highest BCUT2D eigenvalue weighted by Gasteiger charge is 2.21. The number of hydrogen-bond donors (Lipinski definition) is 4. The fourth-order valence-electron chi connectivity index (χ4n) is 2.94. The standard InChI is InChI=1S/C22H24ClFNO4PS/c23-21-13-20(9-7-17(21)6-8-18(25)12-22(24)30(26,27)28)31-11-10-19(15-31)29-14-16-4-2-1-3-5-16/h1-5,7,9-13,15,18,31H,6,8,14,25H2,(H2,26,27,28)/b22-12-. The minimum atomic E-state index is -4.89. The molecule has 0 radical (unpaired) electrons. The maximum absolute atomic E-state index is 13.3. The molecule has 0 amide bonds. The van der Waals surface area contributed by atoms with Crippen LogP contribution in [0.2, 0.25) is 5.02 Å². The van der Waals surface area contributed by atoms with Crippen molar-refractivity contribution < 1.29 is 23.5 Å². The molecule has 0 fully saturated rings. The van der Waals surface area contributed by atoms with E-state index in [1.807, 2.05) is 54.6 Å². The largest absolute Gasteiger partial charge is 0.488 e. The molecule has 9 heteroatoms. The summed E-state index contributed by atoms with van der Waals surface area (Å²) in [7, 11) is -5.55. The van der Waals surface area contributed by atoms with Crippen molar-refractivity contribution in [1.29, 1.82) is 0 Å². The van der Waals surface area contributed by atoms with Crippen LogP contribution in [0.4, 0.5) is 4.39 Å². The Balaban J connectivity index is 1.57. The van der Waals surface area contributed by atoms with E-state index in [2.05, 4.69) is 10.8 Å². The second-order valence-corrected chi connectivity index (χ2v) is 10.9. The van der Waals surface area contributed by atoms with Gasteiger partial charge >= 0.3 is 7.60 Å². The van der Waals surface area contributed by atoms with Gasteiger partial charge < -0.3 is 20.3 Å². The smallest absolute Gasteiger partial charge is 0.384 e. The van der Waals surface area contributed by atoms with Crippen LogP contribution in [0, 0.1) is 0 Å². The van der Waals surface area contributed by atoms with Crippen molar-refractivity contribution in [3.8, 4) is 0 Å². The molecule has 2 aromatic carbocycles. The first-order valence-electron chi connectivity index (χ1n) is 9.55. The van der Waals surface area contributed by atoms with Gasteiger partial charge in [0.05, 0.1) is 0 Å². The predicted molar refractivity (Wildman–Crippen MR) is 125 cm³/mol. The van der Waals surface area contributed by atoms with E-state index in [-0.39, 0.29) is 0 Å². The van der Waals surface area contributed by atoms with Crippen LogP contribution >= 0.6 is 30.1 Å². The van der Waals surface area contributed by atoms with Gasteiger partial charge in [-0.15, -0.1) is 0 Å². The number of halogens is 2. The molecule has 0 spiro atoms. The molecule has 0 aromatic heterocycles. The average Bonchev–Trinajstić information content (AvgIpc) is 3.20. The molecule has 0 aliphatic carbocycles. The lowest BCUT2D eigenvalue weighted by Gasteiger charge is -2.14. The third-order valence-electron chi connectivity index (χ3n) is 4.63. The lowest BCUT2D eigenvalue weighted by Crippen LogP contribution is -2.18. The summed E-state index contributed by atoms with van der Waals surface area (Å²) in [6, 6.07) is 14.9. The molecule has 1 aliphatic heterocycles. The maximum Gasteiger partial charge on any atom is 0.384 e. The second kappa shape index (κ2) is 10.6. The summed E-state index contributed by atoms with van der Waals surface area (Å²) in [5.41, 5.74) is 6.20. The molecule has 2 atom stereocenters. The van der Waals surface area contributed by atoms with Crippen LogP contribution in [0.25, 0.3) is 0 Å². The van der Waals surface area contributed by atoms with Crippen molar-refractivity contribution >= 4 is 30.1 Å². The Morgan fingerprint density at radius 1 is 1.26 bits per heavy atom. The minimum Gasteiger partial charge on any atom is -0.488 e. The summed E-state index contributed by atoms with van der Waals surface area (Å²) < 4.78 is 30.1. The van der Waals surface area contributed by atoms with E-state index in [0.717, 1.165) is 27.9 Å². The van der Waals surface area contributed by atoms with Crippen molar-refractivity contribution in [3.05, 3.63) is 99.0 Å². The number of aryl methyl sites for hydroxylation is 1. The Morgan fingerprint density at radius 3 is 2.68 bits per heavy atom. The SMILES string of the molecule is NC(/C=C(/F)P(=O)(O)O)CCc1ccc([SH]2C=CC(OCc3ccccc3)=C2)cc1Cl. The lowest BCUT2D eigenvalue weighted by molar-refractivity contribution is 0.212. The maximum atomic E-state index is 13.3. The van der Waals surface area contributed by atoms with Gasteiger partial charge in [-0.1, -0.05) is 48.0 Å². The minimum absolute atomic E-state index is 0.304. The fraction of sp³-hybridized carbons (Fsp3) is 0.182. The highest BCUT2D eigenvalue weighted by Crippen LogP contribution is 2.46. The topological polar surface area (TPSA) is 92.8 Å². The van der Waals surface area contributed by atoms with E-state index < -0.39 is 30.1 Å². The normalized spacial score (nSPS) is 18.7. The van der Waals surface area contributed by atoms with Crippen molar-refractivity contribution in [1.82, 2.24) is 0 Å². The molecule has 0 saturated carbocycles. The highest BCUT2D eigenvalue weighted by atomic mass is 35.5. The third-order valence-corrected chi connectivity index (χ3v) is 7.56. The Kier molecular flexibility index (Phi) is 8.17. The van der Waals surface area contributed by atoms with Crippen LogP contribution in [0.1, 0.15) is 17.5 Å². The Labute approximate surface area is 188 Å². The molecular formula is C22H24ClFNO4PS. The number of hydrogen-bond acceptors (Lipinski definition) is 3. The van der Waals surface area contributed by atoms with Gasteiger partial charge in [0.2, 0.25) is 5.57 Å². The Hall–Kier alpha value is -1.86. The van der Waals surface area contributed by atoms with Crippen molar-refractivity contribution in [2.45, 2.75) is 30.4 Å². The lowest BCUT2D eigenvalue weighted by atomic mass is 10.1. The van der Waals surface area contributed by atoms with Gasteiger partial charge in [-0.2, -0.15) is 15.3 Å². The van der Waals surface area contributed by atoms with Gasteiger partial charge in [0, 0.05) is 16.5 Å².